The number of guanidine groups is 1. The Bertz CT molecular complexity index is 1200. The van der Waals surface area contributed by atoms with Gasteiger partial charge >= 0.3 is 6.18 Å². The van der Waals surface area contributed by atoms with Crippen LogP contribution in [-0.2, 0) is 12.7 Å². The van der Waals surface area contributed by atoms with Crippen LogP contribution in [0.25, 0.3) is 0 Å². The SMILES string of the molecule is CCN(CC)Cc1cc(Nc2cc(C(F)(F)F)nc(/N=C(\N)Nc3ccc(OC)cc3)n2)ccc1O. The van der Waals surface area contributed by atoms with Crippen molar-refractivity contribution < 1.29 is 23.0 Å². The van der Waals surface area contributed by atoms with Gasteiger partial charge in [0.2, 0.25) is 5.96 Å². The van der Waals surface area contributed by atoms with E-state index >= 15 is 0 Å². The minimum Gasteiger partial charge on any atom is -0.508 e. The zero-order valence-electron chi connectivity index (χ0n) is 20.1. The number of halogens is 3. The van der Waals surface area contributed by atoms with E-state index in [0.717, 1.165) is 19.2 Å². The minimum absolute atomic E-state index is 0.0915. The molecule has 3 rings (SSSR count). The van der Waals surface area contributed by atoms with Crippen molar-refractivity contribution in [2.75, 3.05) is 30.8 Å². The summed E-state index contributed by atoms with van der Waals surface area (Å²) in [7, 11) is 1.53. The molecule has 0 saturated carbocycles. The van der Waals surface area contributed by atoms with Crippen molar-refractivity contribution in [3.63, 3.8) is 0 Å². The number of phenolic OH excluding ortho intramolecular Hbond substituents is 1. The minimum atomic E-state index is -4.73. The summed E-state index contributed by atoms with van der Waals surface area (Å²) < 4.78 is 45.6. The van der Waals surface area contributed by atoms with Crippen molar-refractivity contribution >= 4 is 29.1 Å². The van der Waals surface area contributed by atoms with Gasteiger partial charge in [-0.15, -0.1) is 0 Å². The third-order valence-electron chi connectivity index (χ3n) is 5.23. The van der Waals surface area contributed by atoms with Gasteiger partial charge in [-0.1, -0.05) is 13.8 Å². The maximum absolute atomic E-state index is 13.5. The Balaban J connectivity index is 1.88. The van der Waals surface area contributed by atoms with Crippen molar-refractivity contribution in [2.24, 2.45) is 10.7 Å². The second-order valence-electron chi connectivity index (χ2n) is 7.72. The van der Waals surface area contributed by atoms with Gasteiger partial charge in [0.05, 0.1) is 7.11 Å². The number of nitrogens with two attached hydrogens (primary N) is 1. The number of aromatic hydroxyl groups is 1. The van der Waals surface area contributed by atoms with Crippen LogP contribution in [0.2, 0.25) is 0 Å². The first-order valence-electron chi connectivity index (χ1n) is 11.1. The highest BCUT2D eigenvalue weighted by molar-refractivity contribution is 5.93. The lowest BCUT2D eigenvalue weighted by molar-refractivity contribution is -0.141. The molecule has 0 atom stereocenters. The molecule has 1 heterocycles. The summed E-state index contributed by atoms with van der Waals surface area (Å²) in [6.07, 6.45) is -4.73. The molecule has 2 aromatic carbocycles. The van der Waals surface area contributed by atoms with Gasteiger partial charge in [-0.3, -0.25) is 4.90 Å². The number of nitrogens with one attached hydrogen (secondary N) is 2. The van der Waals surface area contributed by atoms with E-state index < -0.39 is 17.8 Å². The highest BCUT2D eigenvalue weighted by Crippen LogP contribution is 2.32. The Kier molecular flexibility index (Phi) is 8.54. The average molecular weight is 504 g/mol. The summed E-state index contributed by atoms with van der Waals surface area (Å²) in [5, 5.41) is 15.8. The topological polar surface area (TPSA) is 121 Å². The molecule has 0 radical (unpaired) electrons. The number of phenols is 1. The van der Waals surface area contributed by atoms with E-state index in [1.54, 1.807) is 36.4 Å². The van der Waals surface area contributed by atoms with Gasteiger partial charge in [0, 0.05) is 29.5 Å². The van der Waals surface area contributed by atoms with Gasteiger partial charge in [0.1, 0.15) is 17.3 Å². The van der Waals surface area contributed by atoms with Crippen LogP contribution >= 0.6 is 0 Å². The number of aromatic nitrogens is 2. The molecule has 0 amide bonds. The monoisotopic (exact) mass is 503 g/mol. The largest absolute Gasteiger partial charge is 0.508 e. The maximum Gasteiger partial charge on any atom is 0.433 e. The Morgan fingerprint density at radius 3 is 2.33 bits per heavy atom. The Labute approximate surface area is 206 Å². The second kappa shape index (κ2) is 11.6. The highest BCUT2D eigenvalue weighted by Gasteiger charge is 2.34. The molecule has 36 heavy (non-hydrogen) atoms. The third kappa shape index (κ3) is 7.22. The molecule has 0 aliphatic rings. The zero-order valence-corrected chi connectivity index (χ0v) is 20.1. The molecule has 0 spiro atoms. The summed E-state index contributed by atoms with van der Waals surface area (Å²) in [6.45, 7) is 6.04. The van der Waals surface area contributed by atoms with Gasteiger partial charge in [-0.25, -0.2) is 4.98 Å². The van der Waals surface area contributed by atoms with E-state index in [-0.39, 0.29) is 17.5 Å². The standard InChI is InChI=1S/C24H28F3N7O2/c1-4-34(5-2)14-15-12-17(8-11-19(15)35)29-21-13-20(24(25,26)27)31-23(32-21)33-22(28)30-16-6-9-18(36-3)10-7-16/h6-13,35H,4-5,14H2,1-3H3,(H4,28,29,30,31,32,33). The van der Waals surface area contributed by atoms with Gasteiger partial charge < -0.3 is 26.2 Å². The fraction of sp³-hybridized carbons (Fsp3) is 0.292. The fourth-order valence-corrected chi connectivity index (χ4v) is 3.28. The summed E-state index contributed by atoms with van der Waals surface area (Å²) in [5.74, 6) is -0.0892. The lowest BCUT2D eigenvalue weighted by Gasteiger charge is -2.19. The van der Waals surface area contributed by atoms with Crippen LogP contribution in [0.5, 0.6) is 11.5 Å². The molecule has 0 fully saturated rings. The molecule has 5 N–H and O–H groups in total. The Hall–Kier alpha value is -4.06. The van der Waals surface area contributed by atoms with E-state index in [0.29, 0.717) is 29.2 Å². The van der Waals surface area contributed by atoms with Crippen molar-refractivity contribution in [1.29, 1.82) is 0 Å². The first kappa shape index (κ1) is 26.5. The van der Waals surface area contributed by atoms with E-state index in [1.165, 1.54) is 13.2 Å². The summed E-state index contributed by atoms with van der Waals surface area (Å²) in [6, 6.07) is 12.2. The molecular weight excluding hydrogens is 475 g/mol. The molecule has 0 bridgehead atoms. The van der Waals surface area contributed by atoms with Crippen LogP contribution < -0.4 is 21.1 Å². The number of aliphatic imine (C=N–C) groups is 1. The predicted molar refractivity (Wildman–Crippen MR) is 133 cm³/mol. The number of nitrogens with zero attached hydrogens (tertiary/aromatic N) is 4. The van der Waals surface area contributed by atoms with Gasteiger partial charge in [-0.2, -0.15) is 23.1 Å². The van der Waals surface area contributed by atoms with Crippen molar-refractivity contribution in [2.45, 2.75) is 26.6 Å². The smallest absolute Gasteiger partial charge is 0.433 e. The Morgan fingerprint density at radius 1 is 1.06 bits per heavy atom. The third-order valence-corrected chi connectivity index (χ3v) is 5.23. The molecule has 12 heteroatoms. The normalized spacial score (nSPS) is 12.0. The van der Waals surface area contributed by atoms with E-state index in [1.807, 2.05) is 13.8 Å². The van der Waals surface area contributed by atoms with Crippen LogP contribution in [0, 0.1) is 0 Å². The van der Waals surface area contributed by atoms with E-state index in [9.17, 15) is 18.3 Å². The Morgan fingerprint density at radius 2 is 1.72 bits per heavy atom. The number of rotatable bonds is 9. The number of benzene rings is 2. The molecule has 0 aliphatic heterocycles. The van der Waals surface area contributed by atoms with Crippen molar-refractivity contribution in [1.82, 2.24) is 14.9 Å². The van der Waals surface area contributed by atoms with Crippen LogP contribution in [0.3, 0.4) is 0 Å². The number of hydrogen-bond acceptors (Lipinski definition) is 7. The predicted octanol–water partition coefficient (Wildman–Crippen LogP) is 4.85. The lowest BCUT2D eigenvalue weighted by Crippen LogP contribution is -2.22. The molecule has 192 valence electrons. The molecule has 9 nitrogen and oxygen atoms in total. The first-order chi connectivity index (χ1) is 17.1. The summed E-state index contributed by atoms with van der Waals surface area (Å²) in [4.78, 5) is 13.6. The van der Waals surface area contributed by atoms with Crippen LogP contribution in [0.1, 0.15) is 25.1 Å². The number of alkyl halides is 3. The maximum atomic E-state index is 13.5. The molecule has 0 saturated heterocycles. The number of ether oxygens (including phenoxy) is 1. The molecular formula is C24H28F3N7O2. The van der Waals surface area contributed by atoms with Crippen LogP contribution in [0.15, 0.2) is 53.5 Å². The lowest BCUT2D eigenvalue weighted by atomic mass is 10.1. The summed E-state index contributed by atoms with van der Waals surface area (Å²) >= 11 is 0. The molecule has 0 aliphatic carbocycles. The van der Waals surface area contributed by atoms with Crippen LogP contribution in [-0.4, -0.2) is 46.1 Å². The van der Waals surface area contributed by atoms with Gasteiger partial charge in [-0.05, 0) is 55.6 Å². The van der Waals surface area contributed by atoms with Gasteiger partial charge in [0.15, 0.2) is 5.69 Å². The number of hydrogen-bond donors (Lipinski definition) is 4. The van der Waals surface area contributed by atoms with E-state index in [2.05, 4.69) is 30.5 Å². The number of anilines is 3. The van der Waals surface area contributed by atoms with Crippen molar-refractivity contribution in [3.8, 4) is 11.5 Å². The zero-order chi connectivity index (χ0) is 26.3. The van der Waals surface area contributed by atoms with Gasteiger partial charge in [0.25, 0.3) is 5.95 Å². The quantitative estimate of drug-likeness (QED) is 0.186. The fourth-order valence-electron chi connectivity index (χ4n) is 3.28. The van der Waals surface area contributed by atoms with E-state index in [4.69, 9.17) is 10.5 Å². The van der Waals surface area contributed by atoms with Crippen LogP contribution in [0.4, 0.5) is 36.3 Å². The summed E-state index contributed by atoms with van der Waals surface area (Å²) in [5.41, 5.74) is 6.31. The van der Waals surface area contributed by atoms with Crippen molar-refractivity contribution in [3.05, 3.63) is 59.8 Å². The molecule has 0 unspecified atom stereocenters. The first-order valence-corrected chi connectivity index (χ1v) is 11.1. The number of methoxy groups -OCH3 is 1. The highest BCUT2D eigenvalue weighted by atomic mass is 19.4. The second-order valence-corrected chi connectivity index (χ2v) is 7.72. The molecule has 1 aromatic heterocycles. The average Bonchev–Trinajstić information content (AvgIpc) is 2.84. The molecule has 3 aromatic rings.